The number of nitrogens with one attached hydrogen (secondary N) is 1. The van der Waals surface area contributed by atoms with Crippen LogP contribution in [0.2, 0.25) is 5.02 Å². The minimum absolute atomic E-state index is 0.0452. The van der Waals surface area contributed by atoms with Crippen LogP contribution in [0, 0.1) is 17.2 Å². The van der Waals surface area contributed by atoms with Crippen LogP contribution in [-0.4, -0.2) is 33.7 Å². The second kappa shape index (κ2) is 8.70. The summed E-state index contributed by atoms with van der Waals surface area (Å²) in [4.78, 5) is 12.3. The topological polar surface area (TPSA) is 79.2 Å². The van der Waals surface area contributed by atoms with Crippen molar-refractivity contribution in [3.8, 4) is 11.8 Å². The van der Waals surface area contributed by atoms with E-state index in [2.05, 4.69) is 5.32 Å². The van der Waals surface area contributed by atoms with Crippen LogP contribution in [0.4, 0.5) is 13.2 Å². The van der Waals surface area contributed by atoms with Gasteiger partial charge in [-0.25, -0.2) is 0 Å². The molecule has 1 aliphatic carbocycles. The minimum Gasteiger partial charge on any atom is -0.481 e. The zero-order valence-electron chi connectivity index (χ0n) is 15.3. The van der Waals surface area contributed by atoms with E-state index < -0.39 is 27.8 Å². The number of amides is 1. The molecule has 1 saturated carbocycles. The predicted octanol–water partition coefficient (Wildman–Crippen LogP) is 3.98. The number of ether oxygens (including phenoxy) is 1. The molecule has 0 aliphatic heterocycles. The molecule has 1 amide bonds. The molecule has 1 N–H and O–H groups in total. The van der Waals surface area contributed by atoms with Crippen LogP contribution in [0.25, 0.3) is 0 Å². The average molecular weight is 437 g/mol. The molecule has 4 unspecified atom stereocenters. The maximum absolute atomic E-state index is 13.1. The molecule has 1 fully saturated rings. The van der Waals surface area contributed by atoms with E-state index in [1.807, 2.05) is 6.07 Å². The first-order valence-electron chi connectivity index (χ1n) is 8.57. The summed E-state index contributed by atoms with van der Waals surface area (Å²) < 4.78 is 55.1. The maximum Gasteiger partial charge on any atom is 0.425 e. The zero-order valence-corrected chi connectivity index (χ0v) is 16.9. The van der Waals surface area contributed by atoms with Crippen LogP contribution in [0.15, 0.2) is 23.1 Å². The van der Waals surface area contributed by atoms with Crippen LogP contribution in [0.1, 0.15) is 33.1 Å². The maximum atomic E-state index is 13.1. The highest BCUT2D eigenvalue weighted by Crippen LogP contribution is 2.43. The number of hydrogen-bond donors (Lipinski definition) is 1. The molecule has 0 heterocycles. The van der Waals surface area contributed by atoms with Crippen molar-refractivity contribution in [2.24, 2.45) is 5.92 Å². The van der Waals surface area contributed by atoms with Gasteiger partial charge in [0.2, 0.25) is 5.91 Å². The first-order chi connectivity index (χ1) is 13.0. The second-order valence-electron chi connectivity index (χ2n) is 6.93. The lowest BCUT2D eigenvalue weighted by molar-refractivity contribution is -0.189. The summed E-state index contributed by atoms with van der Waals surface area (Å²) in [5, 5.41) is 11.1. The molecule has 5 nitrogen and oxygen atoms in total. The van der Waals surface area contributed by atoms with Gasteiger partial charge in [-0.15, -0.1) is 0 Å². The van der Waals surface area contributed by atoms with Gasteiger partial charge >= 0.3 is 6.18 Å². The molecule has 0 aromatic heterocycles. The van der Waals surface area contributed by atoms with E-state index in [1.54, 1.807) is 6.92 Å². The fraction of sp³-hybridized carbons (Fsp3) is 0.556. The van der Waals surface area contributed by atoms with Crippen LogP contribution in [0.5, 0.6) is 5.75 Å². The molecule has 1 aromatic carbocycles. The lowest BCUT2D eigenvalue weighted by Gasteiger charge is -2.24. The predicted molar refractivity (Wildman–Crippen MR) is 98.4 cm³/mol. The van der Waals surface area contributed by atoms with Gasteiger partial charge in [-0.3, -0.25) is 9.00 Å². The molecule has 4 atom stereocenters. The number of hydrogen-bond acceptors (Lipinski definition) is 4. The van der Waals surface area contributed by atoms with Crippen molar-refractivity contribution in [1.82, 2.24) is 5.32 Å². The molecule has 2 rings (SSSR count). The molecule has 0 radical (unpaired) electrons. The van der Waals surface area contributed by atoms with Gasteiger partial charge in [0.1, 0.15) is 12.3 Å². The average Bonchev–Trinajstić information content (AvgIpc) is 3.02. The Balaban J connectivity index is 2.12. The third kappa shape index (κ3) is 5.17. The molecule has 0 saturated heterocycles. The summed E-state index contributed by atoms with van der Waals surface area (Å²) in [5.41, 5.74) is 0. The molecule has 1 aromatic rings. The SMILES string of the molecule is CC(Oc1ccc(S(=O)C2(C)CCC(C(=O)NCC#N)C2)c(Cl)c1)C(F)(F)F. The molecule has 28 heavy (non-hydrogen) atoms. The largest absolute Gasteiger partial charge is 0.481 e. The number of alkyl halides is 3. The Morgan fingerprint density at radius 1 is 1.54 bits per heavy atom. The quantitative estimate of drug-likeness (QED) is 0.684. The Bertz CT molecular complexity index is 812. The standard InChI is InChI=1S/C18H20ClF3N2O3S/c1-11(18(20,21)22)27-13-3-4-15(14(19)9-13)28(26)17(2)6-5-12(10-17)16(25)24-8-7-23/h3-4,9,11-12H,5-6,8,10H2,1-2H3,(H,24,25). The van der Waals surface area contributed by atoms with E-state index in [9.17, 15) is 22.2 Å². The molecule has 1 aliphatic rings. The highest BCUT2D eigenvalue weighted by atomic mass is 35.5. The molecule has 0 bridgehead atoms. The lowest BCUT2D eigenvalue weighted by atomic mass is 10.1. The van der Waals surface area contributed by atoms with E-state index in [-0.39, 0.29) is 34.0 Å². The summed E-state index contributed by atoms with van der Waals surface area (Å²) in [7, 11) is -1.57. The summed E-state index contributed by atoms with van der Waals surface area (Å²) in [6, 6.07) is 5.75. The van der Waals surface area contributed by atoms with Crippen LogP contribution in [0.3, 0.4) is 0 Å². The van der Waals surface area contributed by atoms with E-state index in [0.717, 1.165) is 6.92 Å². The van der Waals surface area contributed by atoms with Crippen molar-refractivity contribution in [3.63, 3.8) is 0 Å². The van der Waals surface area contributed by atoms with E-state index in [0.29, 0.717) is 19.3 Å². The lowest BCUT2D eigenvalue weighted by Crippen LogP contribution is -2.33. The first-order valence-corrected chi connectivity index (χ1v) is 10.1. The van der Waals surface area contributed by atoms with Crippen LogP contribution in [-0.2, 0) is 15.6 Å². The number of rotatable bonds is 6. The molecule has 0 spiro atoms. The van der Waals surface area contributed by atoms with Gasteiger partial charge in [0.25, 0.3) is 0 Å². The number of halogens is 4. The Morgan fingerprint density at radius 2 is 2.21 bits per heavy atom. The van der Waals surface area contributed by atoms with Gasteiger partial charge < -0.3 is 10.1 Å². The number of nitrogens with zero attached hydrogens (tertiary/aromatic N) is 1. The third-order valence-corrected chi connectivity index (χ3v) is 7.18. The van der Waals surface area contributed by atoms with Crippen molar-refractivity contribution >= 4 is 28.3 Å². The normalized spacial score (nSPS) is 24.2. The number of benzene rings is 1. The van der Waals surface area contributed by atoms with Gasteiger partial charge in [0.15, 0.2) is 6.10 Å². The van der Waals surface area contributed by atoms with E-state index >= 15 is 0 Å². The highest BCUT2D eigenvalue weighted by Gasteiger charge is 2.44. The summed E-state index contributed by atoms with van der Waals surface area (Å²) in [6.45, 7) is 2.59. The second-order valence-corrected chi connectivity index (χ2v) is 9.30. The van der Waals surface area contributed by atoms with Crippen molar-refractivity contribution in [1.29, 1.82) is 5.26 Å². The minimum atomic E-state index is -4.51. The van der Waals surface area contributed by atoms with Crippen molar-refractivity contribution in [2.45, 2.75) is 55.0 Å². The summed E-state index contributed by atoms with van der Waals surface area (Å²) in [5.74, 6) is -0.671. The highest BCUT2D eigenvalue weighted by molar-refractivity contribution is 7.86. The van der Waals surface area contributed by atoms with Gasteiger partial charge in [0, 0.05) is 10.7 Å². The monoisotopic (exact) mass is 436 g/mol. The number of carbonyl (C=O) groups excluding carboxylic acids is 1. The van der Waals surface area contributed by atoms with Gasteiger partial charge in [-0.1, -0.05) is 11.6 Å². The number of carbonyl (C=O) groups is 1. The fourth-order valence-electron chi connectivity index (χ4n) is 3.11. The van der Waals surface area contributed by atoms with Gasteiger partial charge in [0.05, 0.1) is 26.8 Å². The molecule has 10 heteroatoms. The number of nitriles is 1. The van der Waals surface area contributed by atoms with Crippen molar-refractivity contribution < 1.29 is 26.9 Å². The fourth-order valence-corrected chi connectivity index (χ4v) is 5.10. The zero-order chi connectivity index (χ0) is 21.1. The Kier molecular flexibility index (Phi) is 6.99. The molecule has 154 valence electrons. The molecular weight excluding hydrogens is 417 g/mol. The Hall–Kier alpha value is -1.79. The Labute approximate surface area is 168 Å². The van der Waals surface area contributed by atoms with Crippen LogP contribution >= 0.6 is 11.6 Å². The van der Waals surface area contributed by atoms with Crippen molar-refractivity contribution in [2.75, 3.05) is 6.54 Å². The van der Waals surface area contributed by atoms with Crippen LogP contribution < -0.4 is 10.1 Å². The van der Waals surface area contributed by atoms with Crippen molar-refractivity contribution in [3.05, 3.63) is 23.2 Å². The van der Waals surface area contributed by atoms with Gasteiger partial charge in [-0.2, -0.15) is 18.4 Å². The first kappa shape index (κ1) is 22.5. The third-order valence-electron chi connectivity index (χ3n) is 4.74. The van der Waals surface area contributed by atoms with E-state index in [4.69, 9.17) is 21.6 Å². The molecular formula is C18H20ClF3N2O3S. The summed E-state index contributed by atoms with van der Waals surface area (Å²) in [6.07, 6.45) is -5.10. The Morgan fingerprint density at radius 3 is 2.79 bits per heavy atom. The van der Waals surface area contributed by atoms with E-state index in [1.165, 1.54) is 18.2 Å². The summed E-state index contributed by atoms with van der Waals surface area (Å²) >= 11 is 6.16. The van der Waals surface area contributed by atoms with Gasteiger partial charge in [-0.05, 0) is 51.3 Å². The smallest absolute Gasteiger partial charge is 0.425 e.